The molecule has 0 aliphatic carbocycles. The molecule has 27 atom stereocenters. The number of aliphatic hydroxyl groups excluding tert-OH is 8. The van der Waals surface area contributed by atoms with Crippen LogP contribution in [-0.2, 0) is 76.0 Å². The number of carbonyl (C=O) groups is 3. The monoisotopic (exact) mass is 1140 g/mol. The summed E-state index contributed by atoms with van der Waals surface area (Å²) in [7, 11) is 0. The molecule has 6 aliphatic heterocycles. The van der Waals surface area contributed by atoms with Crippen molar-refractivity contribution in [3.05, 3.63) is 0 Å². The zero-order chi connectivity index (χ0) is 58.0. The van der Waals surface area contributed by atoms with E-state index in [-0.39, 0.29) is 12.5 Å². The number of unbranched alkanes of at least 4 members (excludes halogenated alkanes) is 2. The first-order valence-electron chi connectivity index (χ1n) is 29.1. The van der Waals surface area contributed by atoms with Gasteiger partial charge in [0.15, 0.2) is 49.8 Å². The molecule has 8 N–H and O–H groups in total. The first kappa shape index (κ1) is 65.8. The summed E-state index contributed by atoms with van der Waals surface area (Å²) < 4.78 is 81.4. The Labute approximate surface area is 464 Å². The number of aliphatic hydroxyl groups is 8. The maximum absolute atomic E-state index is 14.0. The molecule has 0 spiro atoms. The van der Waals surface area contributed by atoms with E-state index >= 15 is 0 Å². The third-order valence-corrected chi connectivity index (χ3v) is 16.1. The zero-order valence-corrected chi connectivity index (χ0v) is 47.7. The van der Waals surface area contributed by atoms with Crippen molar-refractivity contribution >= 4 is 17.9 Å². The molecular weight excluding hydrogens is 1040 g/mol. The lowest BCUT2D eigenvalue weighted by atomic mass is 9.95. The SMILES string of the molecule is CCCCC[C@H]1CCCCCCCCCC(=O)O[C@H]2[C@H](O[C@H]3[C@@H](O1)O[C@H](C)[C@H](O)[C@@H]3O)O[C@@H](C)[C@H](O[C@@H]1O[C@@H](C)[C@H](O[C@@H]3O[C@@H](C)[C@H](OC(=O)C(C)C)[C@@H](O)[C@H]3O)[C@@H](O[C@@H]3O[C@@H](C)[C@H](O)[C@@H](O)[C@H]3O)[C@H]1OC(=O)[C@@H](C)CC)[C@H]2O. The van der Waals surface area contributed by atoms with Gasteiger partial charge < -0.3 is 102 Å². The lowest BCUT2D eigenvalue weighted by molar-refractivity contribution is -0.399. The summed E-state index contributed by atoms with van der Waals surface area (Å²) in [5.41, 5.74) is 0. The number of esters is 3. The van der Waals surface area contributed by atoms with E-state index in [1.807, 2.05) is 0 Å². The molecule has 0 bridgehead atoms. The summed E-state index contributed by atoms with van der Waals surface area (Å²) in [6, 6.07) is 0. The van der Waals surface area contributed by atoms with Crippen LogP contribution in [0, 0.1) is 11.8 Å². The lowest BCUT2D eigenvalue weighted by Crippen LogP contribution is -2.68. The highest BCUT2D eigenvalue weighted by atomic mass is 16.8. The fourth-order valence-corrected chi connectivity index (χ4v) is 10.8. The van der Waals surface area contributed by atoms with Crippen molar-refractivity contribution in [3.63, 3.8) is 0 Å². The van der Waals surface area contributed by atoms with E-state index in [1.54, 1.807) is 34.6 Å². The van der Waals surface area contributed by atoms with Gasteiger partial charge in [0.05, 0.1) is 48.5 Å². The maximum Gasteiger partial charge on any atom is 0.309 e. The average Bonchev–Trinajstić information content (AvgIpc) is 3.56. The molecule has 458 valence electrons. The van der Waals surface area contributed by atoms with Crippen molar-refractivity contribution < 1.29 is 117 Å². The van der Waals surface area contributed by atoms with E-state index in [4.69, 9.17) is 61.6 Å². The van der Waals surface area contributed by atoms with Crippen LogP contribution in [0.4, 0.5) is 0 Å². The van der Waals surface area contributed by atoms with Crippen LogP contribution in [0.25, 0.3) is 0 Å². The van der Waals surface area contributed by atoms with Crippen molar-refractivity contribution in [2.45, 2.75) is 319 Å². The minimum Gasteiger partial charge on any atom is -0.457 e. The molecule has 0 unspecified atom stereocenters. The first-order valence-corrected chi connectivity index (χ1v) is 29.1. The minimum absolute atomic E-state index is 0.0245. The quantitative estimate of drug-likeness (QED) is 0.0661. The molecule has 0 aromatic rings. The van der Waals surface area contributed by atoms with E-state index in [2.05, 4.69) is 6.92 Å². The van der Waals surface area contributed by atoms with Gasteiger partial charge in [-0.25, -0.2) is 0 Å². The second-order valence-electron chi connectivity index (χ2n) is 22.9. The highest BCUT2D eigenvalue weighted by Crippen LogP contribution is 2.39. The number of carbonyl (C=O) groups excluding carboxylic acids is 3. The number of fused-ring (bicyclic) bond motifs is 2. The smallest absolute Gasteiger partial charge is 0.309 e. The molecule has 0 aromatic heterocycles. The molecule has 79 heavy (non-hydrogen) atoms. The van der Waals surface area contributed by atoms with Gasteiger partial charge >= 0.3 is 17.9 Å². The largest absolute Gasteiger partial charge is 0.457 e. The molecule has 0 amide bonds. The van der Waals surface area contributed by atoms with E-state index in [1.165, 1.54) is 27.7 Å². The van der Waals surface area contributed by atoms with Crippen LogP contribution in [-0.4, -0.2) is 218 Å². The summed E-state index contributed by atoms with van der Waals surface area (Å²) in [5, 5.41) is 91.1. The van der Waals surface area contributed by atoms with Crippen molar-refractivity contribution in [1.29, 1.82) is 0 Å². The molecule has 0 radical (unpaired) electrons. The van der Waals surface area contributed by atoms with Crippen molar-refractivity contribution in [3.8, 4) is 0 Å². The summed E-state index contributed by atoms with van der Waals surface area (Å²) >= 11 is 0. The van der Waals surface area contributed by atoms with Crippen LogP contribution in [0.2, 0.25) is 0 Å². The van der Waals surface area contributed by atoms with Gasteiger partial charge in [-0.05, 0) is 60.3 Å². The predicted molar refractivity (Wildman–Crippen MR) is 274 cm³/mol. The Morgan fingerprint density at radius 2 is 1.01 bits per heavy atom. The molecule has 6 fully saturated rings. The second-order valence-corrected chi connectivity index (χ2v) is 22.9. The molecule has 0 aromatic carbocycles. The summed E-state index contributed by atoms with van der Waals surface area (Å²) in [5.74, 6) is -3.46. The third-order valence-electron chi connectivity index (χ3n) is 16.1. The Hall–Kier alpha value is -2.31. The Kier molecular flexibility index (Phi) is 25.4. The molecule has 24 heteroatoms. The molecule has 24 nitrogen and oxygen atoms in total. The van der Waals surface area contributed by atoms with Crippen molar-refractivity contribution in [1.82, 2.24) is 0 Å². The second kappa shape index (κ2) is 30.5. The van der Waals surface area contributed by atoms with Gasteiger partial charge in [-0.15, -0.1) is 0 Å². The fourth-order valence-electron chi connectivity index (χ4n) is 10.8. The normalized spacial score (nSPS) is 44.7. The van der Waals surface area contributed by atoms with E-state index in [0.29, 0.717) is 19.3 Å². The Balaban J connectivity index is 1.35. The van der Waals surface area contributed by atoms with Crippen LogP contribution >= 0.6 is 0 Å². The van der Waals surface area contributed by atoms with Gasteiger partial charge in [0.2, 0.25) is 0 Å². The summed E-state index contributed by atoms with van der Waals surface area (Å²) in [6.45, 7) is 16.2. The average molecular weight is 1140 g/mol. The molecule has 6 rings (SSSR count). The van der Waals surface area contributed by atoms with Crippen molar-refractivity contribution in [2.75, 3.05) is 0 Å². The van der Waals surface area contributed by atoms with Crippen LogP contribution in [0.3, 0.4) is 0 Å². The molecule has 0 saturated carbocycles. The maximum atomic E-state index is 14.0. The van der Waals surface area contributed by atoms with Gasteiger partial charge in [0.25, 0.3) is 0 Å². The van der Waals surface area contributed by atoms with Gasteiger partial charge in [-0.2, -0.15) is 0 Å². The lowest BCUT2D eigenvalue weighted by Gasteiger charge is -2.51. The summed E-state index contributed by atoms with van der Waals surface area (Å²) in [6.07, 6.45) is -27.7. The van der Waals surface area contributed by atoms with Crippen LogP contribution < -0.4 is 0 Å². The van der Waals surface area contributed by atoms with Gasteiger partial charge in [0.1, 0.15) is 73.2 Å². The molecule has 6 heterocycles. The minimum atomic E-state index is -1.91. The Bertz CT molecular complexity index is 1860. The molecule has 6 saturated heterocycles. The van der Waals surface area contributed by atoms with Crippen LogP contribution in [0.1, 0.15) is 159 Å². The van der Waals surface area contributed by atoms with Crippen LogP contribution in [0.15, 0.2) is 0 Å². The van der Waals surface area contributed by atoms with Crippen LogP contribution in [0.5, 0.6) is 0 Å². The zero-order valence-electron chi connectivity index (χ0n) is 47.7. The topological polar surface area (TPSA) is 333 Å². The van der Waals surface area contributed by atoms with E-state index < -0.39 is 183 Å². The summed E-state index contributed by atoms with van der Waals surface area (Å²) in [4.78, 5) is 40.4. The highest BCUT2D eigenvalue weighted by Gasteiger charge is 2.58. The van der Waals surface area contributed by atoms with Crippen molar-refractivity contribution in [2.24, 2.45) is 11.8 Å². The van der Waals surface area contributed by atoms with Gasteiger partial charge in [-0.3, -0.25) is 14.4 Å². The Morgan fingerprint density at radius 1 is 0.494 bits per heavy atom. The molecule has 6 aliphatic rings. The number of ether oxygens (including phenoxy) is 13. The first-order chi connectivity index (χ1) is 37.5. The standard InChI is InChI=1S/C55H94O24/c1-11-13-19-22-32-23-20-17-15-14-16-18-21-24-33(56)73-46-41(64)43(30(9)70-54(46)78-45-37(60)35(58)28(7)68-53(45)72-32)76-55-48(75-50(66)26(5)12-2)47(79-51-39(62)36(59)34(57)27(6)67-51)44(31(10)71-55)77-52-40(63)38(61)42(29(8)69-52)74-49(65)25(3)4/h25-32,34-48,51-55,57-64H,11-24H2,1-10H3/t26-,27-,28+,29-,30-,31-,32-,34-,35-,36+,37-,38-,39+,40+,41+,42-,43-,44-,45+,46+,47+,48+,51-,52-,53+,54-,55-/m0/s1. The third kappa shape index (κ3) is 16.7. The van der Waals surface area contributed by atoms with E-state index in [9.17, 15) is 55.2 Å². The number of hydrogen-bond acceptors (Lipinski definition) is 24. The Morgan fingerprint density at radius 3 is 1.67 bits per heavy atom. The van der Waals surface area contributed by atoms with Gasteiger partial charge in [-0.1, -0.05) is 92.4 Å². The predicted octanol–water partition coefficient (Wildman–Crippen LogP) is 2.07. The highest BCUT2D eigenvalue weighted by molar-refractivity contribution is 5.72. The van der Waals surface area contributed by atoms with E-state index in [0.717, 1.165) is 64.2 Å². The number of hydrogen-bond donors (Lipinski definition) is 8. The van der Waals surface area contributed by atoms with Gasteiger partial charge in [0, 0.05) is 6.42 Å². The number of rotatable bonds is 15. The fraction of sp³-hybridized carbons (Fsp3) is 0.945. The molecular formula is C55H94O24.